The number of amides is 2. The van der Waals surface area contributed by atoms with E-state index in [0.29, 0.717) is 24.2 Å². The summed E-state index contributed by atoms with van der Waals surface area (Å²) in [6.07, 6.45) is 1.03. The van der Waals surface area contributed by atoms with E-state index in [1.54, 1.807) is 31.2 Å². The fourth-order valence-electron chi connectivity index (χ4n) is 1.00. The largest absolute Gasteiger partial charge is 0.329 e. The van der Waals surface area contributed by atoms with Crippen LogP contribution in [0.25, 0.3) is 0 Å². The summed E-state index contributed by atoms with van der Waals surface area (Å²) in [5.74, 6) is -0.0479. The van der Waals surface area contributed by atoms with Crippen LogP contribution in [0.3, 0.4) is 0 Å². The summed E-state index contributed by atoms with van der Waals surface area (Å²) in [4.78, 5) is 21.2. The Bertz CT molecular complexity index is 337. The van der Waals surface area contributed by atoms with Crippen LogP contribution in [-0.2, 0) is 9.59 Å². The van der Waals surface area contributed by atoms with Crippen LogP contribution in [0.2, 0.25) is 0 Å². The number of hydrogen-bond donors (Lipinski definition) is 2. The zero-order valence-electron chi connectivity index (χ0n) is 7.91. The molecule has 2 amide bonds. The van der Waals surface area contributed by atoms with Crippen LogP contribution >= 0.6 is 0 Å². The maximum Gasteiger partial charge on any atom is 0.224 e. The Morgan fingerprint density at radius 2 is 2.14 bits per heavy atom. The third kappa shape index (κ3) is 2.90. The highest BCUT2D eigenvalue weighted by molar-refractivity contribution is 5.91. The first-order chi connectivity index (χ1) is 6.76. The van der Waals surface area contributed by atoms with Crippen molar-refractivity contribution in [3.63, 3.8) is 0 Å². The highest BCUT2D eigenvalue weighted by Gasteiger charge is 1.98. The molecule has 0 unspecified atom stereocenters. The van der Waals surface area contributed by atoms with Gasteiger partial charge in [-0.2, -0.15) is 0 Å². The van der Waals surface area contributed by atoms with Crippen LogP contribution in [0.1, 0.15) is 13.3 Å². The van der Waals surface area contributed by atoms with E-state index in [2.05, 4.69) is 10.6 Å². The van der Waals surface area contributed by atoms with Crippen molar-refractivity contribution in [2.24, 2.45) is 0 Å². The number of anilines is 2. The number of rotatable bonds is 4. The van der Waals surface area contributed by atoms with E-state index in [1.165, 1.54) is 0 Å². The SMILES string of the molecule is CCC(=O)Nc1cccc(NC=O)c1. The van der Waals surface area contributed by atoms with Gasteiger partial charge in [-0.25, -0.2) is 0 Å². The molecule has 1 rings (SSSR count). The van der Waals surface area contributed by atoms with Crippen LogP contribution in [0.4, 0.5) is 11.4 Å². The van der Waals surface area contributed by atoms with Crippen molar-refractivity contribution in [1.29, 1.82) is 0 Å². The quantitative estimate of drug-likeness (QED) is 0.712. The van der Waals surface area contributed by atoms with Gasteiger partial charge in [0, 0.05) is 17.8 Å². The van der Waals surface area contributed by atoms with Gasteiger partial charge in [0.25, 0.3) is 0 Å². The molecule has 0 saturated heterocycles. The fraction of sp³-hybridized carbons (Fsp3) is 0.200. The van der Waals surface area contributed by atoms with Gasteiger partial charge >= 0.3 is 0 Å². The Labute approximate surface area is 82.3 Å². The Morgan fingerprint density at radius 3 is 2.79 bits per heavy atom. The minimum atomic E-state index is -0.0479. The Morgan fingerprint density at radius 1 is 1.43 bits per heavy atom. The maximum atomic E-state index is 11.0. The summed E-state index contributed by atoms with van der Waals surface area (Å²) in [6.45, 7) is 1.78. The molecule has 0 atom stereocenters. The van der Waals surface area contributed by atoms with Crippen molar-refractivity contribution in [3.8, 4) is 0 Å². The van der Waals surface area contributed by atoms with E-state index in [0.717, 1.165) is 0 Å². The number of nitrogens with one attached hydrogen (secondary N) is 2. The number of carbonyl (C=O) groups is 2. The molecule has 0 radical (unpaired) electrons. The molecule has 0 aliphatic carbocycles. The summed E-state index contributed by atoms with van der Waals surface area (Å²) >= 11 is 0. The van der Waals surface area contributed by atoms with Crippen LogP contribution in [0, 0.1) is 0 Å². The predicted molar refractivity (Wildman–Crippen MR) is 55.0 cm³/mol. The molecule has 0 bridgehead atoms. The summed E-state index contributed by atoms with van der Waals surface area (Å²) < 4.78 is 0. The van der Waals surface area contributed by atoms with E-state index in [-0.39, 0.29) is 5.91 Å². The molecule has 74 valence electrons. The molecule has 4 nitrogen and oxygen atoms in total. The van der Waals surface area contributed by atoms with Gasteiger partial charge in [-0.3, -0.25) is 9.59 Å². The summed E-state index contributed by atoms with van der Waals surface area (Å²) in [7, 11) is 0. The second-order valence-electron chi connectivity index (χ2n) is 2.74. The molecular formula is C10H12N2O2. The fourth-order valence-corrected chi connectivity index (χ4v) is 1.00. The van der Waals surface area contributed by atoms with Crippen molar-refractivity contribution >= 4 is 23.7 Å². The minimum absolute atomic E-state index is 0.0479. The minimum Gasteiger partial charge on any atom is -0.329 e. The first-order valence-corrected chi connectivity index (χ1v) is 4.36. The molecule has 1 aromatic rings. The molecule has 14 heavy (non-hydrogen) atoms. The van der Waals surface area contributed by atoms with Gasteiger partial charge in [0.2, 0.25) is 12.3 Å². The van der Waals surface area contributed by atoms with Crippen molar-refractivity contribution in [1.82, 2.24) is 0 Å². The number of hydrogen-bond acceptors (Lipinski definition) is 2. The van der Waals surface area contributed by atoms with Crippen molar-refractivity contribution < 1.29 is 9.59 Å². The average molecular weight is 192 g/mol. The first kappa shape index (κ1) is 10.2. The highest BCUT2D eigenvalue weighted by Crippen LogP contribution is 2.14. The summed E-state index contributed by atoms with van der Waals surface area (Å²) in [6, 6.07) is 6.97. The predicted octanol–water partition coefficient (Wildman–Crippen LogP) is 1.60. The molecule has 0 fully saturated rings. The van der Waals surface area contributed by atoms with E-state index in [9.17, 15) is 9.59 Å². The maximum absolute atomic E-state index is 11.0. The van der Waals surface area contributed by atoms with Crippen molar-refractivity contribution in [2.75, 3.05) is 10.6 Å². The van der Waals surface area contributed by atoms with Gasteiger partial charge in [-0.1, -0.05) is 13.0 Å². The second kappa shape index (κ2) is 5.01. The smallest absolute Gasteiger partial charge is 0.224 e. The van der Waals surface area contributed by atoms with Gasteiger partial charge in [0.05, 0.1) is 0 Å². The molecule has 4 heteroatoms. The molecule has 0 spiro atoms. The normalized spacial score (nSPS) is 9.21. The van der Waals surface area contributed by atoms with Gasteiger partial charge in [0.1, 0.15) is 0 Å². The first-order valence-electron chi connectivity index (χ1n) is 4.36. The van der Waals surface area contributed by atoms with Crippen molar-refractivity contribution in [2.45, 2.75) is 13.3 Å². The molecule has 2 N–H and O–H groups in total. The lowest BCUT2D eigenvalue weighted by atomic mass is 10.2. The van der Waals surface area contributed by atoms with Crippen LogP contribution < -0.4 is 10.6 Å². The monoisotopic (exact) mass is 192 g/mol. The lowest BCUT2D eigenvalue weighted by Gasteiger charge is -2.05. The van der Waals surface area contributed by atoms with E-state index in [4.69, 9.17) is 0 Å². The summed E-state index contributed by atoms with van der Waals surface area (Å²) in [5, 5.41) is 5.20. The third-order valence-electron chi connectivity index (χ3n) is 1.69. The zero-order chi connectivity index (χ0) is 10.4. The molecule has 0 aromatic heterocycles. The van der Waals surface area contributed by atoms with E-state index < -0.39 is 0 Å². The lowest BCUT2D eigenvalue weighted by Crippen LogP contribution is -2.09. The number of carbonyl (C=O) groups excluding carboxylic acids is 2. The van der Waals surface area contributed by atoms with Gasteiger partial charge in [-0.15, -0.1) is 0 Å². The molecule has 1 aromatic carbocycles. The zero-order valence-corrected chi connectivity index (χ0v) is 7.91. The summed E-state index contributed by atoms with van der Waals surface area (Å²) in [5.41, 5.74) is 1.35. The molecular weight excluding hydrogens is 180 g/mol. The standard InChI is InChI=1S/C10H12N2O2/c1-2-10(14)12-9-5-3-4-8(6-9)11-7-13/h3-7H,2H2,1H3,(H,11,13)(H,12,14). The van der Waals surface area contributed by atoms with E-state index in [1.807, 2.05) is 0 Å². The third-order valence-corrected chi connectivity index (χ3v) is 1.69. The topological polar surface area (TPSA) is 58.2 Å². The van der Waals surface area contributed by atoms with Gasteiger partial charge in [0.15, 0.2) is 0 Å². The average Bonchev–Trinajstić information content (AvgIpc) is 2.19. The van der Waals surface area contributed by atoms with Gasteiger partial charge in [-0.05, 0) is 18.2 Å². The Balaban J connectivity index is 2.72. The highest BCUT2D eigenvalue weighted by atomic mass is 16.1. The van der Waals surface area contributed by atoms with Gasteiger partial charge < -0.3 is 10.6 Å². The van der Waals surface area contributed by atoms with Crippen LogP contribution in [-0.4, -0.2) is 12.3 Å². The van der Waals surface area contributed by atoms with E-state index >= 15 is 0 Å². The second-order valence-corrected chi connectivity index (χ2v) is 2.74. The lowest BCUT2D eigenvalue weighted by molar-refractivity contribution is -0.115. The number of benzene rings is 1. The molecule has 0 aliphatic rings. The Hall–Kier alpha value is -1.84. The molecule has 0 saturated carbocycles. The molecule has 0 aliphatic heterocycles. The van der Waals surface area contributed by atoms with Crippen molar-refractivity contribution in [3.05, 3.63) is 24.3 Å². The van der Waals surface area contributed by atoms with Crippen LogP contribution in [0.5, 0.6) is 0 Å². The molecule has 0 heterocycles. The Kier molecular flexibility index (Phi) is 3.67. The van der Waals surface area contributed by atoms with Crippen LogP contribution in [0.15, 0.2) is 24.3 Å².